The molecule has 2 N–H and O–H groups in total. The summed E-state index contributed by atoms with van der Waals surface area (Å²) in [6.07, 6.45) is 1.22. The molecule has 0 aliphatic heterocycles. The lowest BCUT2D eigenvalue weighted by Gasteiger charge is -2.19. The molecule has 0 spiro atoms. The Kier molecular flexibility index (Phi) is 6.36. The van der Waals surface area contributed by atoms with Crippen molar-refractivity contribution in [3.63, 3.8) is 0 Å². The normalized spacial score (nSPS) is 13.7. The number of aromatic nitrogens is 3. The topological polar surface area (TPSA) is 124 Å². The molecule has 1 aliphatic rings. The fourth-order valence-electron chi connectivity index (χ4n) is 4.39. The van der Waals surface area contributed by atoms with Crippen molar-refractivity contribution in [2.45, 2.75) is 30.7 Å². The Labute approximate surface area is 217 Å². The van der Waals surface area contributed by atoms with E-state index in [1.165, 1.54) is 43.4 Å². The fraction of sp³-hybridized carbons (Fsp3) is 0.240. The highest BCUT2D eigenvalue weighted by Crippen LogP contribution is 2.33. The first-order valence-electron chi connectivity index (χ1n) is 11.9. The Morgan fingerprint density at radius 1 is 1.05 bits per heavy atom. The first-order valence-corrected chi connectivity index (χ1v) is 13.3. The lowest BCUT2D eigenvalue weighted by atomic mass is 9.96. The number of hydrogen-bond acceptors (Lipinski definition) is 6. The summed E-state index contributed by atoms with van der Waals surface area (Å²) in [4.78, 5) is 40.4. The van der Waals surface area contributed by atoms with Gasteiger partial charge in [0.1, 0.15) is 24.7 Å². The van der Waals surface area contributed by atoms with E-state index in [0.717, 1.165) is 25.8 Å². The predicted octanol–water partition coefficient (Wildman–Crippen LogP) is 1.16. The number of fused-ring (bicyclic) bond motifs is 1. The molecule has 0 bridgehead atoms. The summed E-state index contributed by atoms with van der Waals surface area (Å²) in [5.41, 5.74) is -1.70. The SMILES string of the molecule is [B]c1ccc(Nc2cc(=O)n(C)c3c2c(=O)n(C2CC2)c(=O)n3-c2cccc(S(=O)(=O)NCC)c2)c(F)c1. The van der Waals surface area contributed by atoms with Gasteiger partial charge in [0.2, 0.25) is 10.0 Å². The highest BCUT2D eigenvalue weighted by atomic mass is 32.2. The molecule has 1 saturated carbocycles. The summed E-state index contributed by atoms with van der Waals surface area (Å²) in [5, 5.41) is 2.78. The van der Waals surface area contributed by atoms with E-state index in [-0.39, 0.29) is 51.0 Å². The molecule has 2 radical (unpaired) electrons. The van der Waals surface area contributed by atoms with Crippen LogP contribution in [-0.2, 0) is 17.1 Å². The highest BCUT2D eigenvalue weighted by Gasteiger charge is 2.31. The van der Waals surface area contributed by atoms with Gasteiger partial charge in [0.05, 0.1) is 22.0 Å². The maximum atomic E-state index is 14.6. The van der Waals surface area contributed by atoms with E-state index in [1.54, 1.807) is 6.92 Å². The lowest BCUT2D eigenvalue weighted by molar-refractivity contribution is 0.583. The second-order valence-electron chi connectivity index (χ2n) is 9.04. The molecule has 0 unspecified atom stereocenters. The Morgan fingerprint density at radius 3 is 2.45 bits per heavy atom. The zero-order chi connectivity index (χ0) is 27.4. The van der Waals surface area contributed by atoms with Crippen LogP contribution in [0.1, 0.15) is 25.8 Å². The van der Waals surface area contributed by atoms with Gasteiger partial charge in [-0.2, -0.15) is 0 Å². The minimum atomic E-state index is -3.87. The van der Waals surface area contributed by atoms with E-state index in [4.69, 9.17) is 7.85 Å². The molecule has 0 amide bonds. The predicted molar refractivity (Wildman–Crippen MR) is 143 cm³/mol. The molecule has 2 aromatic carbocycles. The average molecular weight is 535 g/mol. The van der Waals surface area contributed by atoms with Gasteiger partial charge in [-0.1, -0.05) is 24.5 Å². The molecule has 1 fully saturated rings. The molecule has 2 heterocycles. The molecular weight excluding hydrogens is 512 g/mol. The van der Waals surface area contributed by atoms with Gasteiger partial charge in [-0.25, -0.2) is 26.9 Å². The minimum absolute atomic E-state index is 0.00338. The summed E-state index contributed by atoms with van der Waals surface area (Å²) in [5.74, 6) is -0.698. The van der Waals surface area contributed by atoms with Crippen LogP contribution < -0.4 is 32.3 Å². The lowest BCUT2D eigenvalue weighted by Crippen LogP contribution is -2.41. The second-order valence-corrected chi connectivity index (χ2v) is 10.8. The molecule has 0 atom stereocenters. The van der Waals surface area contributed by atoms with Crippen LogP contribution in [0, 0.1) is 5.82 Å². The molecule has 194 valence electrons. The molecule has 0 saturated heterocycles. The second kappa shape index (κ2) is 9.41. The van der Waals surface area contributed by atoms with E-state index in [1.807, 2.05) is 0 Å². The van der Waals surface area contributed by atoms with E-state index in [9.17, 15) is 27.2 Å². The van der Waals surface area contributed by atoms with Gasteiger partial charge in [-0.3, -0.25) is 18.7 Å². The van der Waals surface area contributed by atoms with Gasteiger partial charge < -0.3 is 5.32 Å². The van der Waals surface area contributed by atoms with Gasteiger partial charge in [0.15, 0.2) is 0 Å². The number of halogens is 1. The Morgan fingerprint density at radius 2 is 1.79 bits per heavy atom. The molecule has 2 aromatic heterocycles. The van der Waals surface area contributed by atoms with Crippen LogP contribution in [0.25, 0.3) is 16.7 Å². The molecule has 13 heteroatoms. The van der Waals surface area contributed by atoms with Gasteiger partial charge in [-0.15, -0.1) is 0 Å². The minimum Gasteiger partial charge on any atom is -0.352 e. The van der Waals surface area contributed by atoms with Crippen LogP contribution in [0.2, 0.25) is 0 Å². The van der Waals surface area contributed by atoms with Crippen molar-refractivity contribution in [1.82, 2.24) is 18.4 Å². The third kappa shape index (κ3) is 4.37. The van der Waals surface area contributed by atoms with Crippen molar-refractivity contribution in [2.24, 2.45) is 7.05 Å². The first kappa shape index (κ1) is 25.7. The Bertz CT molecular complexity index is 1890. The number of sulfonamides is 1. The summed E-state index contributed by atoms with van der Waals surface area (Å²) < 4.78 is 45.8. The molecular formula is C25H23BFN5O5S. The zero-order valence-corrected chi connectivity index (χ0v) is 21.4. The van der Waals surface area contributed by atoms with Crippen LogP contribution in [0.5, 0.6) is 0 Å². The number of rotatable bonds is 7. The molecule has 5 rings (SSSR count). The van der Waals surface area contributed by atoms with Crippen molar-refractivity contribution < 1.29 is 12.8 Å². The maximum Gasteiger partial charge on any atom is 0.337 e. The number of benzene rings is 2. The number of pyridine rings is 1. The van der Waals surface area contributed by atoms with Gasteiger partial charge >= 0.3 is 5.69 Å². The standard InChI is InChI=1S/C25H23BFN5O5S/c1-3-28-38(36,37)17-6-4-5-16(12-17)31-23-22(24(34)32(25(31)35)15-8-9-15)20(13-21(33)30(23)2)29-19-10-7-14(26)11-18(19)27/h4-7,10-13,15,28-29H,3,8-9H2,1-2H3. The number of nitrogens with zero attached hydrogens (tertiary/aromatic N) is 3. The van der Waals surface area contributed by atoms with Crippen molar-refractivity contribution in [3.8, 4) is 5.69 Å². The number of hydrogen-bond donors (Lipinski definition) is 2. The monoisotopic (exact) mass is 535 g/mol. The molecule has 1 aliphatic carbocycles. The molecule has 38 heavy (non-hydrogen) atoms. The average Bonchev–Trinajstić information content (AvgIpc) is 3.69. The van der Waals surface area contributed by atoms with Crippen molar-refractivity contribution in [1.29, 1.82) is 0 Å². The summed E-state index contributed by atoms with van der Waals surface area (Å²) >= 11 is 0. The van der Waals surface area contributed by atoms with Gasteiger partial charge in [0.25, 0.3) is 11.1 Å². The highest BCUT2D eigenvalue weighted by molar-refractivity contribution is 7.89. The van der Waals surface area contributed by atoms with Crippen molar-refractivity contribution >= 4 is 45.7 Å². The Hall–Kier alpha value is -3.97. The van der Waals surface area contributed by atoms with Crippen LogP contribution in [0.3, 0.4) is 0 Å². The third-order valence-electron chi connectivity index (χ3n) is 6.35. The summed E-state index contributed by atoms with van der Waals surface area (Å²) in [6, 6.07) is 10.4. The third-order valence-corrected chi connectivity index (χ3v) is 7.89. The van der Waals surface area contributed by atoms with E-state index in [0.29, 0.717) is 12.8 Å². The molecule has 4 aromatic rings. The Balaban J connectivity index is 1.87. The van der Waals surface area contributed by atoms with Gasteiger partial charge in [-0.05, 0) is 43.2 Å². The number of anilines is 2. The van der Waals surface area contributed by atoms with E-state index in [2.05, 4.69) is 10.0 Å². The molecule has 10 nitrogen and oxygen atoms in total. The fourth-order valence-corrected chi connectivity index (χ4v) is 5.47. The first-order chi connectivity index (χ1) is 18.0. The quantitative estimate of drug-likeness (QED) is 0.343. The summed E-state index contributed by atoms with van der Waals surface area (Å²) in [7, 11) is 3.17. The van der Waals surface area contributed by atoms with Gasteiger partial charge in [0, 0.05) is 25.7 Å². The van der Waals surface area contributed by atoms with Crippen molar-refractivity contribution in [3.05, 3.63) is 85.5 Å². The number of aryl methyl sites for hydroxylation is 1. The van der Waals surface area contributed by atoms with Crippen LogP contribution in [0.4, 0.5) is 15.8 Å². The zero-order valence-electron chi connectivity index (χ0n) is 20.6. The number of nitrogens with one attached hydrogen (secondary N) is 2. The van der Waals surface area contributed by atoms with Crippen LogP contribution >= 0.6 is 0 Å². The van der Waals surface area contributed by atoms with E-state index < -0.39 is 32.6 Å². The van der Waals surface area contributed by atoms with Crippen LogP contribution in [-0.4, -0.2) is 36.5 Å². The van der Waals surface area contributed by atoms with E-state index >= 15 is 0 Å². The van der Waals surface area contributed by atoms with Crippen molar-refractivity contribution in [2.75, 3.05) is 11.9 Å². The smallest absolute Gasteiger partial charge is 0.337 e. The summed E-state index contributed by atoms with van der Waals surface area (Å²) in [6.45, 7) is 1.80. The van der Waals surface area contributed by atoms with Crippen LogP contribution in [0.15, 0.2) is 67.8 Å². The maximum absolute atomic E-state index is 14.6. The largest absolute Gasteiger partial charge is 0.352 e.